The number of hydrogen-bond donors (Lipinski definition) is 4. The molecule has 2 fully saturated rings. The third-order valence-electron chi connectivity index (χ3n) is 10.1. The molecule has 0 aliphatic carbocycles. The van der Waals surface area contributed by atoms with Crippen LogP contribution in [0.4, 0.5) is 13.2 Å². The van der Waals surface area contributed by atoms with Gasteiger partial charge in [-0.3, -0.25) is 19.4 Å². The quantitative estimate of drug-likeness (QED) is 0.145. The van der Waals surface area contributed by atoms with Crippen LogP contribution < -0.4 is 10.6 Å². The number of rotatable bonds is 14. The van der Waals surface area contributed by atoms with E-state index in [9.17, 15) is 33.0 Å². The van der Waals surface area contributed by atoms with Gasteiger partial charge in [-0.05, 0) is 63.1 Å². The maximum absolute atomic E-state index is 13.7. The Labute approximate surface area is 326 Å². The van der Waals surface area contributed by atoms with Gasteiger partial charge in [0, 0.05) is 61.3 Å². The number of β-amino-alcohol motifs (C(OH)–C–C–N with tert-alkyl or cyclic N) is 1. The fraction of sp³-hybridized carbons (Fsp3) is 0.500. The van der Waals surface area contributed by atoms with Crippen LogP contribution in [0.15, 0.2) is 69.6 Å². The number of carbonyl (C=O) groups is 2. The number of alkyl halides is 3. The highest BCUT2D eigenvalue weighted by Crippen LogP contribution is 2.33. The first-order chi connectivity index (χ1) is 26.7. The fourth-order valence-corrected chi connectivity index (χ4v) is 7.06. The first kappa shape index (κ1) is 41.2. The molecule has 2 aliphatic rings. The van der Waals surface area contributed by atoms with Crippen molar-refractivity contribution in [1.82, 2.24) is 35.6 Å². The Morgan fingerprint density at radius 1 is 1.04 bits per heavy atom. The first-order valence-electron chi connectivity index (χ1n) is 18.3. The number of aliphatic hydroxyl groups is 2. The van der Waals surface area contributed by atoms with Crippen molar-refractivity contribution in [3.05, 3.63) is 77.6 Å². The van der Waals surface area contributed by atoms with E-state index in [1.165, 1.54) is 0 Å². The largest absolute Gasteiger partial charge is 0.439 e. The zero-order valence-corrected chi connectivity index (χ0v) is 31.7. The third-order valence-corrected chi connectivity index (χ3v) is 10.4. The molecule has 0 bridgehead atoms. The van der Waals surface area contributed by atoms with Crippen LogP contribution in [0, 0.1) is 5.92 Å². The number of aromatic nitrogens is 3. The van der Waals surface area contributed by atoms with E-state index in [-0.39, 0.29) is 50.9 Å². The van der Waals surface area contributed by atoms with E-state index in [2.05, 4.69) is 20.5 Å². The van der Waals surface area contributed by atoms with Gasteiger partial charge in [-0.15, -0.1) is 10.2 Å². The Bertz CT molecular complexity index is 1910. The predicted octanol–water partition coefficient (Wildman–Crippen LogP) is 3.82. The number of ether oxygens (including phenoxy) is 1. The van der Waals surface area contributed by atoms with Crippen LogP contribution >= 0.6 is 11.6 Å². The summed E-state index contributed by atoms with van der Waals surface area (Å²) in [6.07, 6.45) is -5.00. The lowest BCUT2D eigenvalue weighted by atomic mass is 9.94. The van der Waals surface area contributed by atoms with Gasteiger partial charge in [-0.25, -0.2) is 4.98 Å². The summed E-state index contributed by atoms with van der Waals surface area (Å²) >= 11 is 6.03. The maximum atomic E-state index is 13.7. The Kier molecular flexibility index (Phi) is 13.1. The highest BCUT2D eigenvalue weighted by Gasteiger charge is 2.43. The Hall–Kier alpha value is -4.39. The highest BCUT2D eigenvalue weighted by molar-refractivity contribution is 6.30. The summed E-state index contributed by atoms with van der Waals surface area (Å²) in [5.41, 5.74) is 0.539. The lowest BCUT2D eigenvalue weighted by Crippen LogP contribution is -2.63. The average molecular weight is 804 g/mol. The lowest BCUT2D eigenvalue weighted by molar-refractivity contribution is -0.145. The van der Waals surface area contributed by atoms with E-state index in [1.54, 1.807) is 47.5 Å². The van der Waals surface area contributed by atoms with E-state index in [0.29, 0.717) is 41.8 Å². The molecular weight excluding hydrogens is 759 g/mol. The molecule has 4 aromatic rings. The molecule has 5 atom stereocenters. The number of benzene rings is 2. The minimum absolute atomic E-state index is 0.0160. The normalized spacial score (nSPS) is 21.0. The fourth-order valence-electron chi connectivity index (χ4n) is 6.93. The van der Waals surface area contributed by atoms with Crippen LogP contribution in [0.5, 0.6) is 0 Å². The second kappa shape index (κ2) is 17.8. The Morgan fingerprint density at radius 3 is 2.50 bits per heavy atom. The van der Waals surface area contributed by atoms with Crippen molar-refractivity contribution in [1.29, 1.82) is 0 Å². The summed E-state index contributed by atoms with van der Waals surface area (Å²) in [5.74, 6) is -1.02. The van der Waals surface area contributed by atoms with Gasteiger partial charge >= 0.3 is 6.18 Å². The minimum Gasteiger partial charge on any atom is -0.439 e. The van der Waals surface area contributed by atoms with Crippen LogP contribution in [0.3, 0.4) is 0 Å². The molecule has 56 heavy (non-hydrogen) atoms. The standard InChI is InChI=1S/C38H45ClF3N7O7/c1-37(2,36-43-18-31(55-36)23-8-10-26(39)11-9-23)49-14-13-48(29(20-49)34(53)44-22-38(40,41)42)19-27(50)16-25(33(52)45-28-12-15-54-21-30(28)51)17-32-46-47-35(56-32)24-6-4-3-5-7-24/h3-11,18,25,27-30,50-51H,12-17,19-22H2,1-2H3,(H,44,53)(H,45,52)/t25-,27-,28-,29-,30+/m0/s1. The summed E-state index contributed by atoms with van der Waals surface area (Å²) in [5, 5.41) is 35.6. The van der Waals surface area contributed by atoms with E-state index in [0.717, 1.165) is 5.56 Å². The van der Waals surface area contributed by atoms with Crippen molar-refractivity contribution in [2.75, 3.05) is 45.9 Å². The third kappa shape index (κ3) is 10.5. The van der Waals surface area contributed by atoms with E-state index in [1.807, 2.05) is 42.3 Å². The molecule has 2 aromatic carbocycles. The molecule has 4 N–H and O–H groups in total. The topological polar surface area (TPSA) is 179 Å². The number of hydrogen-bond acceptors (Lipinski definition) is 12. The molecule has 0 spiro atoms. The van der Waals surface area contributed by atoms with E-state index in [4.69, 9.17) is 25.2 Å². The number of nitrogens with zero attached hydrogens (tertiary/aromatic N) is 5. The zero-order valence-electron chi connectivity index (χ0n) is 30.9. The van der Waals surface area contributed by atoms with Crippen molar-refractivity contribution in [3.63, 3.8) is 0 Å². The van der Waals surface area contributed by atoms with Crippen molar-refractivity contribution in [2.24, 2.45) is 5.92 Å². The molecule has 302 valence electrons. The number of carbonyl (C=O) groups excluding carboxylic acids is 2. The van der Waals surface area contributed by atoms with Crippen LogP contribution in [-0.2, 0) is 26.3 Å². The number of halogens is 4. The second-order valence-electron chi connectivity index (χ2n) is 14.6. The maximum Gasteiger partial charge on any atom is 0.405 e. The summed E-state index contributed by atoms with van der Waals surface area (Å²) in [6, 6.07) is 14.4. The second-order valence-corrected chi connectivity index (χ2v) is 15.0. The van der Waals surface area contributed by atoms with Gasteiger partial charge in [0.1, 0.15) is 12.6 Å². The van der Waals surface area contributed by atoms with Crippen molar-refractivity contribution < 1.29 is 46.5 Å². The molecule has 2 aromatic heterocycles. The molecular formula is C38H45ClF3N7O7. The molecule has 4 heterocycles. The molecule has 2 amide bonds. The number of piperazine rings is 1. The smallest absolute Gasteiger partial charge is 0.405 e. The number of amides is 2. The Balaban J connectivity index is 1.18. The molecule has 2 saturated heterocycles. The average Bonchev–Trinajstić information content (AvgIpc) is 3.86. The van der Waals surface area contributed by atoms with E-state index >= 15 is 0 Å². The Morgan fingerprint density at radius 2 is 1.79 bits per heavy atom. The van der Waals surface area contributed by atoms with Crippen LogP contribution in [0.2, 0.25) is 5.02 Å². The van der Waals surface area contributed by atoms with Gasteiger partial charge in [0.15, 0.2) is 5.76 Å². The van der Waals surface area contributed by atoms with Gasteiger partial charge in [-0.2, -0.15) is 13.2 Å². The summed E-state index contributed by atoms with van der Waals surface area (Å²) in [4.78, 5) is 35.2. The summed E-state index contributed by atoms with van der Waals surface area (Å²) in [6.45, 7) is 2.95. The van der Waals surface area contributed by atoms with Gasteiger partial charge in [0.25, 0.3) is 0 Å². The van der Waals surface area contributed by atoms with Gasteiger partial charge < -0.3 is 34.4 Å². The van der Waals surface area contributed by atoms with Gasteiger partial charge in [0.05, 0.1) is 36.6 Å². The number of nitrogens with one attached hydrogen (secondary N) is 2. The summed E-state index contributed by atoms with van der Waals surface area (Å²) < 4.78 is 57.0. The highest BCUT2D eigenvalue weighted by atomic mass is 35.5. The minimum atomic E-state index is -4.64. The van der Waals surface area contributed by atoms with Crippen molar-refractivity contribution >= 4 is 23.4 Å². The van der Waals surface area contributed by atoms with Crippen LogP contribution in [0.1, 0.15) is 38.5 Å². The molecule has 2 aliphatic heterocycles. The van der Waals surface area contributed by atoms with Gasteiger partial charge in [0.2, 0.25) is 29.5 Å². The van der Waals surface area contributed by atoms with Crippen molar-refractivity contribution in [3.8, 4) is 22.8 Å². The zero-order chi connectivity index (χ0) is 40.0. The van der Waals surface area contributed by atoms with Crippen LogP contribution in [-0.4, -0.2) is 123 Å². The molecule has 14 nitrogen and oxygen atoms in total. The number of oxazole rings is 1. The van der Waals surface area contributed by atoms with E-state index < -0.39 is 60.3 Å². The molecule has 0 saturated carbocycles. The predicted molar refractivity (Wildman–Crippen MR) is 197 cm³/mol. The first-order valence-corrected chi connectivity index (χ1v) is 18.7. The van der Waals surface area contributed by atoms with Crippen LogP contribution in [0.25, 0.3) is 22.8 Å². The lowest BCUT2D eigenvalue weighted by Gasteiger charge is -2.46. The SMILES string of the molecule is CC(C)(c1ncc(-c2ccc(Cl)cc2)o1)N1CCN(C[C@@H](O)C[C@@H](Cc2nnc(-c3ccccc3)o2)C(=O)N[C@H]2CCOC[C@H]2O)[C@H](C(=O)NCC(F)(F)F)C1. The number of aliphatic hydroxyl groups excluding tert-OH is 2. The molecule has 6 rings (SSSR count). The molecule has 18 heteroatoms. The summed E-state index contributed by atoms with van der Waals surface area (Å²) in [7, 11) is 0. The molecule has 0 radical (unpaired) electrons. The van der Waals surface area contributed by atoms with Gasteiger partial charge in [-0.1, -0.05) is 29.8 Å². The monoisotopic (exact) mass is 803 g/mol. The van der Waals surface area contributed by atoms with Crippen molar-refractivity contribution in [2.45, 2.75) is 69.1 Å². The molecule has 0 unspecified atom stereocenters.